The zero-order valence-electron chi connectivity index (χ0n) is 16.2. The van der Waals surface area contributed by atoms with Gasteiger partial charge in [0.25, 0.3) is 0 Å². The van der Waals surface area contributed by atoms with Gasteiger partial charge in [-0.2, -0.15) is 8.42 Å². The largest absolute Gasteiger partial charge is 0.397 e. The standard InChI is InChI=1S/C15H25N7O7S/c1-21(4-2-3-5-27-17)6-9-12(29-30(24,25)26)11(23)15(28-9)22-8-20-10-13(16)18-7-19-14(10)22/h7-9,11-12,15,23H,2-6,17H2,1H3,(H2,16,18,19)(H,24,25,26)/t9-,11-,12-,15-/m1/s1. The molecule has 0 aromatic carbocycles. The van der Waals surface area contributed by atoms with Crippen molar-refractivity contribution >= 4 is 27.4 Å². The number of anilines is 1. The summed E-state index contributed by atoms with van der Waals surface area (Å²) in [6.07, 6.45) is -0.629. The summed E-state index contributed by atoms with van der Waals surface area (Å²) in [4.78, 5) is 18.5. The molecule has 0 radical (unpaired) electrons. The van der Waals surface area contributed by atoms with Gasteiger partial charge in [0.1, 0.15) is 30.2 Å². The highest BCUT2D eigenvalue weighted by molar-refractivity contribution is 7.80. The van der Waals surface area contributed by atoms with Crippen LogP contribution in [0.1, 0.15) is 19.1 Å². The summed E-state index contributed by atoms with van der Waals surface area (Å²) in [5, 5.41) is 10.7. The molecule has 30 heavy (non-hydrogen) atoms. The molecule has 0 aliphatic carbocycles. The molecule has 1 aliphatic heterocycles. The zero-order valence-corrected chi connectivity index (χ0v) is 17.1. The number of likely N-dealkylation sites (N-methyl/N-ethyl adjacent to an activating group) is 1. The average molecular weight is 447 g/mol. The molecule has 1 aliphatic rings. The predicted molar refractivity (Wildman–Crippen MR) is 103 cm³/mol. The lowest BCUT2D eigenvalue weighted by Crippen LogP contribution is -2.41. The Morgan fingerprint density at radius 1 is 1.33 bits per heavy atom. The number of fused-ring (bicyclic) bond motifs is 1. The molecule has 168 valence electrons. The van der Waals surface area contributed by atoms with E-state index in [1.807, 2.05) is 4.90 Å². The second-order valence-electron chi connectivity index (χ2n) is 6.97. The molecule has 2 aromatic heterocycles. The number of aliphatic hydroxyl groups excluding tert-OH is 1. The minimum atomic E-state index is -4.83. The van der Waals surface area contributed by atoms with Crippen molar-refractivity contribution < 1.29 is 31.8 Å². The lowest BCUT2D eigenvalue weighted by molar-refractivity contribution is -0.0421. The first-order chi connectivity index (χ1) is 14.2. The fraction of sp³-hybridized carbons (Fsp3) is 0.667. The van der Waals surface area contributed by atoms with Crippen molar-refractivity contribution in [3.8, 4) is 0 Å². The van der Waals surface area contributed by atoms with Crippen LogP contribution >= 0.6 is 0 Å². The number of hydrogen-bond donors (Lipinski definition) is 4. The van der Waals surface area contributed by atoms with Crippen molar-refractivity contribution in [1.29, 1.82) is 0 Å². The quantitative estimate of drug-likeness (QED) is 0.185. The smallest absolute Gasteiger partial charge is 0.386 e. The van der Waals surface area contributed by atoms with E-state index in [0.29, 0.717) is 24.3 Å². The molecule has 3 rings (SSSR count). The monoisotopic (exact) mass is 447 g/mol. The van der Waals surface area contributed by atoms with E-state index in [0.717, 1.165) is 12.8 Å². The second kappa shape index (κ2) is 9.44. The Hall–Kier alpha value is -1.98. The van der Waals surface area contributed by atoms with Crippen LogP contribution in [0.25, 0.3) is 11.2 Å². The number of rotatable bonds is 10. The highest BCUT2D eigenvalue weighted by Gasteiger charge is 2.48. The molecule has 1 fully saturated rings. The van der Waals surface area contributed by atoms with Crippen molar-refractivity contribution in [2.45, 2.75) is 37.4 Å². The van der Waals surface area contributed by atoms with Crippen LogP contribution in [0.3, 0.4) is 0 Å². The molecule has 0 bridgehead atoms. The van der Waals surface area contributed by atoms with Crippen molar-refractivity contribution in [2.75, 3.05) is 32.5 Å². The number of nitrogen functional groups attached to an aromatic ring is 1. The van der Waals surface area contributed by atoms with Gasteiger partial charge in [-0.15, -0.1) is 0 Å². The van der Waals surface area contributed by atoms with E-state index in [1.165, 1.54) is 17.2 Å². The fourth-order valence-electron chi connectivity index (χ4n) is 3.38. The minimum Gasteiger partial charge on any atom is -0.386 e. The lowest BCUT2D eigenvalue weighted by Gasteiger charge is -2.24. The van der Waals surface area contributed by atoms with E-state index in [2.05, 4.69) is 19.8 Å². The molecule has 0 spiro atoms. The molecule has 2 aromatic rings. The molecule has 4 atom stereocenters. The molecule has 15 heteroatoms. The Bertz CT molecular complexity index is 956. The Morgan fingerprint density at radius 2 is 2.10 bits per heavy atom. The molecule has 3 heterocycles. The van der Waals surface area contributed by atoms with Gasteiger partial charge in [0.15, 0.2) is 17.7 Å². The number of unbranched alkanes of at least 4 members (excludes halogenated alkanes) is 1. The number of aromatic nitrogens is 4. The number of imidazole rings is 1. The molecule has 14 nitrogen and oxygen atoms in total. The SMILES string of the molecule is CN(CCCCON)C[C@H]1O[C@@H](n2cnc3c(N)ncnc32)[C@H](O)[C@@H]1OS(=O)(=O)O. The molecular weight excluding hydrogens is 422 g/mol. The Labute approximate surface area is 172 Å². The highest BCUT2D eigenvalue weighted by atomic mass is 32.3. The maximum atomic E-state index is 11.3. The normalized spacial score (nSPS) is 24.8. The van der Waals surface area contributed by atoms with Crippen LogP contribution in [0.4, 0.5) is 5.82 Å². The van der Waals surface area contributed by atoms with Crippen LogP contribution in [0.15, 0.2) is 12.7 Å². The molecule has 0 saturated carbocycles. The molecule has 6 N–H and O–H groups in total. The highest BCUT2D eigenvalue weighted by Crippen LogP contribution is 2.34. The molecule has 0 amide bonds. The van der Waals surface area contributed by atoms with E-state index in [1.54, 1.807) is 7.05 Å². The van der Waals surface area contributed by atoms with Crippen LogP contribution in [0.2, 0.25) is 0 Å². The average Bonchev–Trinajstić information content (AvgIpc) is 3.21. The van der Waals surface area contributed by atoms with Gasteiger partial charge in [-0.25, -0.2) is 25.0 Å². The summed E-state index contributed by atoms with van der Waals surface area (Å²) < 4.78 is 43.9. The van der Waals surface area contributed by atoms with Crippen LogP contribution in [0.5, 0.6) is 0 Å². The van der Waals surface area contributed by atoms with Gasteiger partial charge >= 0.3 is 10.4 Å². The number of ether oxygens (including phenoxy) is 1. The van der Waals surface area contributed by atoms with Crippen molar-refractivity contribution in [3.63, 3.8) is 0 Å². The molecule has 1 saturated heterocycles. The fourth-order valence-corrected chi connectivity index (χ4v) is 3.90. The topological polar surface area (TPSA) is 201 Å². The summed E-state index contributed by atoms with van der Waals surface area (Å²) in [7, 11) is -3.03. The number of nitrogens with two attached hydrogens (primary N) is 2. The lowest BCUT2D eigenvalue weighted by atomic mass is 10.1. The van der Waals surface area contributed by atoms with Crippen molar-refractivity contribution in [1.82, 2.24) is 24.4 Å². The third kappa shape index (κ3) is 5.19. The number of aliphatic hydroxyl groups is 1. The van der Waals surface area contributed by atoms with Crippen LogP contribution in [0, 0.1) is 0 Å². The van der Waals surface area contributed by atoms with Gasteiger partial charge in [0, 0.05) is 6.54 Å². The Kier molecular flexibility index (Phi) is 7.14. The Morgan fingerprint density at radius 3 is 2.80 bits per heavy atom. The second-order valence-corrected chi connectivity index (χ2v) is 8.02. The molecule has 0 unspecified atom stereocenters. The first-order valence-corrected chi connectivity index (χ1v) is 10.5. The van der Waals surface area contributed by atoms with Crippen molar-refractivity contribution in [3.05, 3.63) is 12.7 Å². The van der Waals surface area contributed by atoms with Gasteiger partial charge in [-0.05, 0) is 26.4 Å². The number of nitrogens with zero attached hydrogens (tertiary/aromatic N) is 5. The first kappa shape index (κ1) is 22.7. The van der Waals surface area contributed by atoms with E-state index < -0.39 is 34.9 Å². The van der Waals surface area contributed by atoms with E-state index in [4.69, 9.17) is 25.1 Å². The van der Waals surface area contributed by atoms with Gasteiger partial charge in [-0.1, -0.05) is 0 Å². The van der Waals surface area contributed by atoms with E-state index in [-0.39, 0.29) is 12.4 Å². The van der Waals surface area contributed by atoms with E-state index in [9.17, 15) is 13.5 Å². The maximum absolute atomic E-state index is 11.3. The summed E-state index contributed by atoms with van der Waals surface area (Å²) >= 11 is 0. The van der Waals surface area contributed by atoms with Gasteiger partial charge in [-0.3, -0.25) is 9.12 Å². The molecular formula is C15H25N7O7S. The van der Waals surface area contributed by atoms with Crippen LogP contribution < -0.4 is 11.6 Å². The minimum absolute atomic E-state index is 0.148. The summed E-state index contributed by atoms with van der Waals surface area (Å²) in [5.41, 5.74) is 6.39. The van der Waals surface area contributed by atoms with Gasteiger partial charge in [0.2, 0.25) is 0 Å². The van der Waals surface area contributed by atoms with Crippen LogP contribution in [-0.4, -0.2) is 87.6 Å². The van der Waals surface area contributed by atoms with E-state index >= 15 is 0 Å². The predicted octanol–water partition coefficient (Wildman–Crippen LogP) is -1.54. The number of hydrogen-bond acceptors (Lipinski definition) is 12. The van der Waals surface area contributed by atoms with Crippen LogP contribution in [-0.2, 0) is 24.2 Å². The van der Waals surface area contributed by atoms with Gasteiger partial charge < -0.3 is 25.3 Å². The summed E-state index contributed by atoms with van der Waals surface area (Å²) in [6.45, 7) is 1.28. The summed E-state index contributed by atoms with van der Waals surface area (Å²) in [6, 6.07) is 0. The maximum Gasteiger partial charge on any atom is 0.397 e. The third-order valence-corrected chi connectivity index (χ3v) is 5.21. The summed E-state index contributed by atoms with van der Waals surface area (Å²) in [5.74, 6) is 5.15. The first-order valence-electron chi connectivity index (χ1n) is 9.13. The van der Waals surface area contributed by atoms with Gasteiger partial charge in [0.05, 0.1) is 12.9 Å². The van der Waals surface area contributed by atoms with Crippen molar-refractivity contribution in [2.24, 2.45) is 5.90 Å². The third-order valence-electron chi connectivity index (χ3n) is 4.75. The Balaban J connectivity index is 1.80. The zero-order chi connectivity index (χ0) is 21.9.